The Labute approximate surface area is 124 Å². The van der Waals surface area contributed by atoms with Crippen molar-refractivity contribution in [2.75, 3.05) is 0 Å². The average molecular weight is 324 g/mol. The van der Waals surface area contributed by atoms with Gasteiger partial charge in [-0.1, -0.05) is 0 Å². The van der Waals surface area contributed by atoms with E-state index in [0.717, 1.165) is 12.1 Å². The van der Waals surface area contributed by atoms with Crippen LogP contribution in [0.4, 0.5) is 23.0 Å². The maximum Gasteiger partial charge on any atom is 0.420 e. The molecular weight excluding hydrogens is 320 g/mol. The molecule has 0 N–H and O–H groups in total. The number of non-ortho nitro benzene ring substituents is 1. The second-order valence-corrected chi connectivity index (χ2v) is 3.97. The van der Waals surface area contributed by atoms with E-state index in [1.165, 1.54) is 0 Å². The molecule has 0 spiro atoms. The molecule has 0 fully saturated rings. The lowest BCUT2D eigenvalue weighted by Crippen LogP contribution is -2.06. The predicted octanol–water partition coefficient (Wildman–Crippen LogP) is 1.51. The Hall–Kier alpha value is -3.97. The standard InChI is InChI=1S/C9H4N6O8/c16-12(17)5-1-2-6(7(3-5)13(18)19)11-9(15(22)23)4-8(10-11)14(20)21/h1-4H. The molecule has 2 aromatic rings. The van der Waals surface area contributed by atoms with Gasteiger partial charge in [0.15, 0.2) is 5.10 Å². The van der Waals surface area contributed by atoms with Crippen LogP contribution in [-0.4, -0.2) is 29.5 Å². The maximum atomic E-state index is 11.0. The van der Waals surface area contributed by atoms with Crippen LogP contribution in [0, 0.1) is 40.5 Å². The van der Waals surface area contributed by atoms with Crippen LogP contribution in [0.5, 0.6) is 0 Å². The van der Waals surface area contributed by atoms with E-state index in [9.17, 15) is 40.5 Å². The first-order valence-corrected chi connectivity index (χ1v) is 5.54. The van der Waals surface area contributed by atoms with E-state index >= 15 is 0 Å². The molecule has 23 heavy (non-hydrogen) atoms. The van der Waals surface area contributed by atoms with Crippen LogP contribution in [0.3, 0.4) is 0 Å². The fraction of sp³-hybridized carbons (Fsp3) is 0. The molecule has 14 nitrogen and oxygen atoms in total. The Bertz CT molecular complexity index is 858. The highest BCUT2D eigenvalue weighted by molar-refractivity contribution is 5.60. The molecule has 1 aromatic heterocycles. The average Bonchev–Trinajstić information content (AvgIpc) is 2.91. The Kier molecular flexibility index (Phi) is 3.64. The zero-order valence-electron chi connectivity index (χ0n) is 10.8. The molecule has 0 radical (unpaired) electrons. The SMILES string of the molecule is O=[N+]([O-])c1ccc(-n2nc([N+](=O)[O-])cc2[N+](=O)[O-])c([N+](=O)[O-])c1. The van der Waals surface area contributed by atoms with E-state index in [1.807, 2.05) is 0 Å². The van der Waals surface area contributed by atoms with Crippen LogP contribution in [0.25, 0.3) is 5.69 Å². The molecule has 0 saturated heterocycles. The third-order valence-electron chi connectivity index (χ3n) is 2.65. The van der Waals surface area contributed by atoms with Crippen molar-refractivity contribution >= 4 is 23.0 Å². The molecule has 1 aromatic carbocycles. The predicted molar refractivity (Wildman–Crippen MR) is 70.2 cm³/mol. The van der Waals surface area contributed by atoms with E-state index in [4.69, 9.17) is 0 Å². The minimum atomic E-state index is -1.02. The van der Waals surface area contributed by atoms with Gasteiger partial charge in [-0.25, -0.2) is 0 Å². The Morgan fingerprint density at radius 2 is 1.48 bits per heavy atom. The van der Waals surface area contributed by atoms with Gasteiger partial charge < -0.3 is 20.2 Å². The first-order valence-electron chi connectivity index (χ1n) is 5.54. The number of hydrogen-bond donors (Lipinski definition) is 0. The van der Waals surface area contributed by atoms with Crippen LogP contribution in [0.2, 0.25) is 0 Å². The van der Waals surface area contributed by atoms with Gasteiger partial charge in [0.1, 0.15) is 6.07 Å². The number of nitrogens with zero attached hydrogens (tertiary/aromatic N) is 6. The van der Waals surface area contributed by atoms with Gasteiger partial charge >= 0.3 is 17.3 Å². The van der Waals surface area contributed by atoms with Crippen LogP contribution in [0.1, 0.15) is 0 Å². The normalized spacial score (nSPS) is 10.3. The highest BCUT2D eigenvalue weighted by Crippen LogP contribution is 2.31. The second kappa shape index (κ2) is 5.43. The Morgan fingerprint density at radius 3 is 1.96 bits per heavy atom. The van der Waals surface area contributed by atoms with Crippen LogP contribution < -0.4 is 0 Å². The lowest BCUT2D eigenvalue weighted by molar-refractivity contribution is -0.396. The topological polar surface area (TPSA) is 190 Å². The number of nitro groups is 4. The highest BCUT2D eigenvalue weighted by atomic mass is 16.6. The van der Waals surface area contributed by atoms with Crippen molar-refractivity contribution in [3.63, 3.8) is 0 Å². The molecule has 2 rings (SSSR count). The van der Waals surface area contributed by atoms with Gasteiger partial charge in [0.2, 0.25) is 0 Å². The van der Waals surface area contributed by atoms with Gasteiger partial charge in [0, 0.05) is 16.8 Å². The Morgan fingerprint density at radius 1 is 0.826 bits per heavy atom. The van der Waals surface area contributed by atoms with Crippen molar-refractivity contribution in [3.05, 3.63) is 64.7 Å². The van der Waals surface area contributed by atoms with E-state index in [0.29, 0.717) is 16.8 Å². The van der Waals surface area contributed by atoms with Crippen molar-refractivity contribution in [1.82, 2.24) is 9.78 Å². The summed E-state index contributed by atoms with van der Waals surface area (Å²) in [6, 6.07) is 2.80. The van der Waals surface area contributed by atoms with Crippen molar-refractivity contribution in [2.24, 2.45) is 0 Å². The molecule has 0 aliphatic rings. The molecule has 0 saturated carbocycles. The summed E-state index contributed by atoms with van der Waals surface area (Å²) in [6.07, 6.45) is 0. The fourth-order valence-electron chi connectivity index (χ4n) is 1.71. The van der Waals surface area contributed by atoms with Gasteiger partial charge in [0.25, 0.3) is 11.4 Å². The third kappa shape index (κ3) is 2.75. The van der Waals surface area contributed by atoms with Gasteiger partial charge in [-0.3, -0.25) is 20.2 Å². The summed E-state index contributed by atoms with van der Waals surface area (Å²) >= 11 is 0. The lowest BCUT2D eigenvalue weighted by atomic mass is 10.2. The molecule has 1 heterocycles. The molecule has 0 bridgehead atoms. The monoisotopic (exact) mass is 324 g/mol. The smallest absolute Gasteiger partial charge is 0.358 e. The van der Waals surface area contributed by atoms with Crippen molar-refractivity contribution in [2.45, 2.75) is 0 Å². The number of benzene rings is 1. The summed E-state index contributed by atoms with van der Waals surface area (Å²) in [5.41, 5.74) is -1.99. The third-order valence-corrected chi connectivity index (χ3v) is 2.65. The first kappa shape index (κ1) is 15.4. The molecule has 0 aliphatic heterocycles. The molecule has 0 unspecified atom stereocenters. The number of rotatable bonds is 5. The first-order chi connectivity index (χ1) is 10.7. The van der Waals surface area contributed by atoms with E-state index < -0.39 is 48.4 Å². The second-order valence-electron chi connectivity index (χ2n) is 3.97. The summed E-state index contributed by atoms with van der Waals surface area (Å²) in [7, 11) is 0. The van der Waals surface area contributed by atoms with Crippen LogP contribution in [-0.2, 0) is 0 Å². The van der Waals surface area contributed by atoms with Crippen molar-refractivity contribution in [1.29, 1.82) is 0 Å². The largest absolute Gasteiger partial charge is 0.420 e. The zero-order chi connectivity index (χ0) is 17.3. The summed E-state index contributed by atoms with van der Waals surface area (Å²) in [4.78, 5) is 39.3. The van der Waals surface area contributed by atoms with E-state index in [-0.39, 0.29) is 0 Å². The lowest BCUT2D eigenvalue weighted by Gasteiger charge is -1.97. The van der Waals surface area contributed by atoms with Gasteiger partial charge in [-0.05, 0) is 9.85 Å². The number of hydrogen-bond acceptors (Lipinski definition) is 9. The van der Waals surface area contributed by atoms with Gasteiger partial charge in [0.05, 0.1) is 15.9 Å². The van der Waals surface area contributed by atoms with Gasteiger partial charge in [-0.2, -0.15) is 0 Å². The number of nitro benzene ring substituents is 2. The quantitative estimate of drug-likeness (QED) is 0.578. The Balaban J connectivity index is 2.75. The summed E-state index contributed by atoms with van der Waals surface area (Å²) in [5, 5.41) is 46.6. The highest BCUT2D eigenvalue weighted by Gasteiger charge is 2.35. The van der Waals surface area contributed by atoms with E-state index in [1.54, 1.807) is 0 Å². The summed E-state index contributed by atoms with van der Waals surface area (Å²) in [5.74, 6) is -1.79. The summed E-state index contributed by atoms with van der Waals surface area (Å²) in [6.45, 7) is 0. The summed E-state index contributed by atoms with van der Waals surface area (Å²) < 4.78 is 0.375. The minimum Gasteiger partial charge on any atom is -0.358 e. The molecule has 0 aliphatic carbocycles. The van der Waals surface area contributed by atoms with Crippen LogP contribution in [0.15, 0.2) is 24.3 Å². The zero-order valence-corrected chi connectivity index (χ0v) is 10.8. The molecule has 118 valence electrons. The fourth-order valence-corrected chi connectivity index (χ4v) is 1.71. The maximum absolute atomic E-state index is 11.0. The number of aromatic nitrogens is 2. The molecule has 0 atom stereocenters. The van der Waals surface area contributed by atoms with Crippen LogP contribution >= 0.6 is 0 Å². The van der Waals surface area contributed by atoms with E-state index in [2.05, 4.69) is 5.10 Å². The molecule has 14 heteroatoms. The molecule has 0 amide bonds. The van der Waals surface area contributed by atoms with Gasteiger partial charge in [-0.15, -0.1) is 0 Å². The molecular formula is C9H4N6O8. The van der Waals surface area contributed by atoms with Crippen molar-refractivity contribution < 1.29 is 19.7 Å². The van der Waals surface area contributed by atoms with Crippen molar-refractivity contribution in [3.8, 4) is 5.69 Å². The minimum absolute atomic E-state index is 0.375.